The van der Waals surface area contributed by atoms with Gasteiger partial charge in [-0.2, -0.15) is 0 Å². The fourth-order valence-corrected chi connectivity index (χ4v) is 4.91. The molecular weight excluding hydrogens is 464 g/mol. The SMILES string of the molecule is CC(C)OCCCn1c(NC(=O)c2ccc(-c3ccncc3)s2)nc2cc3[nH]c(=O)n(C)c3cc21. The van der Waals surface area contributed by atoms with E-state index >= 15 is 0 Å². The van der Waals surface area contributed by atoms with Crippen LogP contribution in [0.15, 0.2) is 53.6 Å². The van der Waals surface area contributed by atoms with Crippen molar-refractivity contribution in [3.8, 4) is 10.4 Å². The Morgan fingerprint density at radius 3 is 2.74 bits per heavy atom. The minimum Gasteiger partial charge on any atom is -0.379 e. The zero-order valence-electron chi connectivity index (χ0n) is 19.7. The number of ether oxygens (including phenoxy) is 1. The number of benzene rings is 1. The molecule has 0 aliphatic carbocycles. The zero-order chi connectivity index (χ0) is 24.5. The third kappa shape index (κ3) is 4.62. The minimum atomic E-state index is -0.219. The minimum absolute atomic E-state index is 0.149. The van der Waals surface area contributed by atoms with E-state index in [0.29, 0.717) is 35.0 Å². The monoisotopic (exact) mass is 490 g/mol. The molecular formula is C25H26N6O3S. The fraction of sp³-hybridized carbons (Fsp3) is 0.280. The van der Waals surface area contributed by atoms with E-state index in [4.69, 9.17) is 9.72 Å². The number of carbonyl (C=O) groups excluding carboxylic acids is 1. The summed E-state index contributed by atoms with van der Waals surface area (Å²) in [4.78, 5) is 38.4. The summed E-state index contributed by atoms with van der Waals surface area (Å²) in [5.41, 5.74) is 3.86. The van der Waals surface area contributed by atoms with Crippen LogP contribution in [0.3, 0.4) is 0 Å². The molecule has 0 saturated carbocycles. The number of nitrogens with zero attached hydrogens (tertiary/aromatic N) is 4. The van der Waals surface area contributed by atoms with Crippen molar-refractivity contribution in [3.63, 3.8) is 0 Å². The van der Waals surface area contributed by atoms with Crippen LogP contribution in [0.25, 0.3) is 32.5 Å². The molecule has 0 fully saturated rings. The quantitative estimate of drug-likeness (QED) is 0.314. The average Bonchev–Trinajstić information content (AvgIpc) is 3.53. The molecule has 1 aromatic carbocycles. The number of aromatic nitrogens is 5. The molecule has 10 heteroatoms. The highest BCUT2D eigenvalue weighted by atomic mass is 32.1. The number of fused-ring (bicyclic) bond motifs is 2. The highest BCUT2D eigenvalue weighted by Gasteiger charge is 2.18. The summed E-state index contributed by atoms with van der Waals surface area (Å²) >= 11 is 1.42. The summed E-state index contributed by atoms with van der Waals surface area (Å²) in [5.74, 6) is 0.245. The molecule has 35 heavy (non-hydrogen) atoms. The first-order chi connectivity index (χ1) is 16.9. The van der Waals surface area contributed by atoms with Crippen LogP contribution in [-0.4, -0.2) is 42.7 Å². The number of aryl methyl sites for hydroxylation is 2. The number of aromatic amines is 1. The van der Waals surface area contributed by atoms with Gasteiger partial charge in [0.1, 0.15) is 0 Å². The lowest BCUT2D eigenvalue weighted by molar-refractivity contribution is 0.0751. The second kappa shape index (κ2) is 9.47. The number of imidazole rings is 2. The Morgan fingerprint density at radius 1 is 1.17 bits per heavy atom. The standard InChI is InChI=1S/C25H26N6O3S/c1-15(2)34-12-4-11-31-20-14-19-17(28-25(33)30(19)3)13-18(20)27-24(31)29-23(32)22-6-5-21(35-22)16-7-9-26-10-8-16/h5-10,13-15H,4,11-12H2,1-3H3,(H,28,33)(H,27,29,32). The predicted octanol–water partition coefficient (Wildman–Crippen LogP) is 4.41. The summed E-state index contributed by atoms with van der Waals surface area (Å²) in [7, 11) is 1.73. The number of hydrogen-bond donors (Lipinski definition) is 2. The van der Waals surface area contributed by atoms with Crippen molar-refractivity contribution in [2.75, 3.05) is 11.9 Å². The van der Waals surface area contributed by atoms with Gasteiger partial charge in [0.15, 0.2) is 0 Å². The number of rotatable bonds is 8. The van der Waals surface area contributed by atoms with Crippen molar-refractivity contribution in [3.05, 3.63) is 64.2 Å². The normalized spacial score (nSPS) is 11.7. The van der Waals surface area contributed by atoms with Crippen LogP contribution in [0.5, 0.6) is 0 Å². The molecule has 0 atom stereocenters. The van der Waals surface area contributed by atoms with Crippen molar-refractivity contribution in [1.29, 1.82) is 0 Å². The predicted molar refractivity (Wildman–Crippen MR) is 138 cm³/mol. The first-order valence-electron chi connectivity index (χ1n) is 11.4. The van der Waals surface area contributed by atoms with E-state index in [9.17, 15) is 9.59 Å². The Hall–Kier alpha value is -3.76. The lowest BCUT2D eigenvalue weighted by Crippen LogP contribution is -2.16. The van der Waals surface area contributed by atoms with E-state index in [2.05, 4.69) is 15.3 Å². The van der Waals surface area contributed by atoms with Gasteiger partial charge in [0.05, 0.1) is 33.0 Å². The van der Waals surface area contributed by atoms with Crippen LogP contribution >= 0.6 is 11.3 Å². The molecule has 0 aliphatic heterocycles. The Bertz CT molecular complexity index is 1560. The molecule has 0 spiro atoms. The molecule has 0 bridgehead atoms. The molecule has 4 aromatic heterocycles. The molecule has 180 valence electrons. The fourth-order valence-electron chi connectivity index (χ4n) is 4.00. The number of thiophene rings is 1. The van der Waals surface area contributed by atoms with Gasteiger partial charge in [-0.15, -0.1) is 11.3 Å². The van der Waals surface area contributed by atoms with Gasteiger partial charge in [-0.1, -0.05) is 0 Å². The van der Waals surface area contributed by atoms with E-state index in [1.807, 2.05) is 54.8 Å². The lowest BCUT2D eigenvalue weighted by Gasteiger charge is -2.11. The molecule has 1 amide bonds. The molecule has 0 radical (unpaired) electrons. The van der Waals surface area contributed by atoms with E-state index in [1.54, 1.807) is 24.0 Å². The molecule has 2 N–H and O–H groups in total. The van der Waals surface area contributed by atoms with Gasteiger partial charge < -0.3 is 14.3 Å². The van der Waals surface area contributed by atoms with Crippen LogP contribution in [0.1, 0.15) is 29.9 Å². The second-order valence-electron chi connectivity index (χ2n) is 8.56. The number of hydrogen-bond acceptors (Lipinski definition) is 6. The first kappa shape index (κ1) is 23.0. The first-order valence-corrected chi connectivity index (χ1v) is 12.2. The molecule has 9 nitrogen and oxygen atoms in total. The van der Waals surface area contributed by atoms with Crippen molar-refractivity contribution in [1.82, 2.24) is 24.1 Å². The number of carbonyl (C=O) groups is 1. The van der Waals surface area contributed by atoms with Crippen molar-refractivity contribution >= 4 is 45.3 Å². The average molecular weight is 491 g/mol. The van der Waals surface area contributed by atoms with Gasteiger partial charge in [-0.3, -0.25) is 19.7 Å². The van der Waals surface area contributed by atoms with E-state index in [0.717, 1.165) is 27.9 Å². The highest BCUT2D eigenvalue weighted by Crippen LogP contribution is 2.29. The van der Waals surface area contributed by atoms with Gasteiger partial charge >= 0.3 is 5.69 Å². The Labute approximate surface area is 205 Å². The zero-order valence-corrected chi connectivity index (χ0v) is 20.6. The molecule has 5 rings (SSSR count). The maximum absolute atomic E-state index is 13.1. The van der Waals surface area contributed by atoms with Gasteiger partial charge in [0.2, 0.25) is 5.95 Å². The Morgan fingerprint density at radius 2 is 1.97 bits per heavy atom. The van der Waals surface area contributed by atoms with Crippen LogP contribution in [0.2, 0.25) is 0 Å². The summed E-state index contributed by atoms with van der Waals surface area (Å²) in [5, 5.41) is 2.99. The van der Waals surface area contributed by atoms with E-state index in [-0.39, 0.29) is 17.7 Å². The van der Waals surface area contributed by atoms with Crippen LogP contribution in [0.4, 0.5) is 5.95 Å². The van der Waals surface area contributed by atoms with E-state index in [1.165, 1.54) is 11.3 Å². The van der Waals surface area contributed by atoms with Gasteiger partial charge in [0.25, 0.3) is 5.91 Å². The summed E-state index contributed by atoms with van der Waals surface area (Å²) < 4.78 is 9.25. The number of amides is 1. The third-order valence-electron chi connectivity index (χ3n) is 5.77. The topological polar surface area (TPSA) is 107 Å². The highest BCUT2D eigenvalue weighted by molar-refractivity contribution is 7.17. The van der Waals surface area contributed by atoms with Crippen molar-refractivity contribution < 1.29 is 9.53 Å². The third-order valence-corrected chi connectivity index (χ3v) is 6.90. The van der Waals surface area contributed by atoms with Gasteiger partial charge in [-0.05, 0) is 62.2 Å². The molecule has 5 aromatic rings. The van der Waals surface area contributed by atoms with Crippen LogP contribution in [-0.2, 0) is 18.3 Å². The van der Waals surface area contributed by atoms with Crippen LogP contribution < -0.4 is 11.0 Å². The van der Waals surface area contributed by atoms with Crippen molar-refractivity contribution in [2.24, 2.45) is 7.05 Å². The number of pyridine rings is 1. The van der Waals surface area contributed by atoms with Gasteiger partial charge in [0, 0.05) is 37.5 Å². The van der Waals surface area contributed by atoms with Crippen LogP contribution in [0, 0.1) is 0 Å². The molecule has 0 saturated heterocycles. The molecule has 0 aliphatic rings. The largest absolute Gasteiger partial charge is 0.379 e. The number of nitrogens with one attached hydrogen (secondary N) is 2. The maximum atomic E-state index is 13.1. The summed E-state index contributed by atoms with van der Waals surface area (Å²) in [6.07, 6.45) is 4.37. The Balaban J connectivity index is 1.47. The van der Waals surface area contributed by atoms with Crippen molar-refractivity contribution in [2.45, 2.75) is 32.9 Å². The Kier molecular flexibility index (Phi) is 6.23. The number of anilines is 1. The molecule has 4 heterocycles. The summed E-state index contributed by atoms with van der Waals surface area (Å²) in [6, 6.07) is 11.4. The smallest absolute Gasteiger partial charge is 0.326 e. The second-order valence-corrected chi connectivity index (χ2v) is 9.65. The summed E-state index contributed by atoms with van der Waals surface area (Å²) in [6.45, 7) is 5.20. The number of H-pyrrole nitrogens is 1. The lowest BCUT2D eigenvalue weighted by atomic mass is 10.2. The molecule has 0 unspecified atom stereocenters. The van der Waals surface area contributed by atoms with Gasteiger partial charge in [-0.25, -0.2) is 9.78 Å². The maximum Gasteiger partial charge on any atom is 0.326 e. The van der Waals surface area contributed by atoms with E-state index < -0.39 is 0 Å².